The van der Waals surface area contributed by atoms with Gasteiger partial charge < -0.3 is 20.4 Å². The van der Waals surface area contributed by atoms with Crippen LogP contribution >= 0.6 is 0 Å². The van der Waals surface area contributed by atoms with Crippen molar-refractivity contribution in [3.05, 3.63) is 90.0 Å². The van der Waals surface area contributed by atoms with E-state index in [1.54, 1.807) is 26.4 Å². The third kappa shape index (κ3) is 4.38. The molecule has 4 heterocycles. The Labute approximate surface area is 250 Å². The Morgan fingerprint density at radius 2 is 1.63 bits per heavy atom. The zero-order valence-electron chi connectivity index (χ0n) is 24.4. The van der Waals surface area contributed by atoms with E-state index in [0.717, 1.165) is 51.7 Å². The number of aromatic nitrogens is 2. The minimum Gasteiger partial charge on any atom is -0.343 e. The zero-order chi connectivity index (χ0) is 29.9. The van der Waals surface area contributed by atoms with Crippen molar-refractivity contribution < 1.29 is 14.4 Å². The number of carbonyl (C=O) groups is 3. The van der Waals surface area contributed by atoms with Crippen molar-refractivity contribution >= 4 is 34.2 Å². The van der Waals surface area contributed by atoms with Crippen molar-refractivity contribution in [2.45, 2.75) is 43.2 Å². The number of amides is 3. The molecule has 0 atom stereocenters. The third-order valence-electron chi connectivity index (χ3n) is 9.35. The van der Waals surface area contributed by atoms with Crippen LogP contribution in [0.1, 0.15) is 47.4 Å². The van der Waals surface area contributed by atoms with Gasteiger partial charge in [-0.3, -0.25) is 24.4 Å². The molecule has 2 aromatic heterocycles. The smallest absolute Gasteiger partial charge is 0.271 e. The van der Waals surface area contributed by atoms with Gasteiger partial charge in [0, 0.05) is 61.8 Å². The number of benzene rings is 2. The van der Waals surface area contributed by atoms with Crippen LogP contribution in [0, 0.1) is 0 Å². The van der Waals surface area contributed by atoms with Crippen LogP contribution in [0.4, 0.5) is 5.69 Å². The van der Waals surface area contributed by atoms with Crippen molar-refractivity contribution in [3.8, 4) is 11.1 Å². The first kappa shape index (κ1) is 27.2. The fraction of sp³-hybridized carbons (Fsp3) is 0.324. The molecule has 218 valence electrons. The van der Waals surface area contributed by atoms with Crippen LogP contribution in [-0.2, 0) is 21.5 Å². The van der Waals surface area contributed by atoms with E-state index in [1.807, 2.05) is 64.5 Å². The van der Waals surface area contributed by atoms with E-state index in [9.17, 15) is 14.4 Å². The van der Waals surface area contributed by atoms with Crippen LogP contribution in [0.15, 0.2) is 73.1 Å². The number of piperidine rings is 1. The predicted octanol–water partition coefficient (Wildman–Crippen LogP) is 3.90. The quantitative estimate of drug-likeness (QED) is 0.387. The molecule has 1 saturated heterocycles. The maximum atomic E-state index is 14.4. The molecule has 1 spiro atoms. The van der Waals surface area contributed by atoms with Gasteiger partial charge in [0.25, 0.3) is 5.91 Å². The second kappa shape index (κ2) is 9.98. The summed E-state index contributed by atoms with van der Waals surface area (Å²) >= 11 is 0. The van der Waals surface area contributed by atoms with Gasteiger partial charge in [-0.15, -0.1) is 0 Å². The molecule has 2 fully saturated rings. The molecule has 7 rings (SSSR count). The summed E-state index contributed by atoms with van der Waals surface area (Å²) in [5.41, 5.74) is 9.54. The highest BCUT2D eigenvalue weighted by molar-refractivity contribution is 6.09. The highest BCUT2D eigenvalue weighted by Crippen LogP contribution is 2.49. The number of carbonyl (C=O) groups excluding carboxylic acids is 3. The first-order chi connectivity index (χ1) is 20.7. The lowest BCUT2D eigenvalue weighted by Gasteiger charge is -2.39. The summed E-state index contributed by atoms with van der Waals surface area (Å²) in [7, 11) is 3.40. The van der Waals surface area contributed by atoms with Crippen molar-refractivity contribution in [3.63, 3.8) is 0 Å². The maximum absolute atomic E-state index is 14.4. The number of anilines is 1. The second-order valence-electron chi connectivity index (χ2n) is 12.2. The molecular weight excluding hydrogens is 540 g/mol. The van der Waals surface area contributed by atoms with Crippen molar-refractivity contribution in [1.29, 1.82) is 0 Å². The van der Waals surface area contributed by atoms with E-state index in [1.165, 1.54) is 4.90 Å². The third-order valence-corrected chi connectivity index (χ3v) is 9.35. The average molecular weight is 575 g/mol. The Hall–Kier alpha value is -4.63. The molecule has 2 aliphatic heterocycles. The average Bonchev–Trinajstić information content (AvgIpc) is 3.76. The zero-order valence-corrected chi connectivity index (χ0v) is 24.4. The summed E-state index contributed by atoms with van der Waals surface area (Å²) in [5, 5.41) is 1.97. The van der Waals surface area contributed by atoms with Crippen LogP contribution < -0.4 is 10.6 Å². The molecule has 0 radical (unpaired) electrons. The molecule has 9 heteroatoms. The highest BCUT2D eigenvalue weighted by atomic mass is 16.2. The fourth-order valence-electron chi connectivity index (χ4n) is 6.69. The van der Waals surface area contributed by atoms with E-state index < -0.39 is 11.0 Å². The minimum absolute atomic E-state index is 0.00912. The van der Waals surface area contributed by atoms with Crippen LogP contribution in [0.3, 0.4) is 0 Å². The second-order valence-corrected chi connectivity index (χ2v) is 12.2. The predicted molar refractivity (Wildman–Crippen MR) is 164 cm³/mol. The number of hydrogen-bond donors (Lipinski definition) is 1. The SMILES string of the molecule is CN(C)C(=O)c1ccc(-c2c(CN3C(=O)C4(CCN(C(=O)C5(N)CC5)CC4)c4ccccc43)ncc3ccccc23)cn1. The molecule has 0 bridgehead atoms. The summed E-state index contributed by atoms with van der Waals surface area (Å²) in [6.07, 6.45) is 6.14. The number of fused-ring (bicyclic) bond motifs is 3. The molecule has 43 heavy (non-hydrogen) atoms. The van der Waals surface area contributed by atoms with Crippen molar-refractivity contribution in [2.24, 2.45) is 5.73 Å². The number of nitrogens with zero attached hydrogens (tertiary/aromatic N) is 5. The van der Waals surface area contributed by atoms with E-state index in [2.05, 4.69) is 11.1 Å². The Morgan fingerprint density at radius 3 is 2.33 bits per heavy atom. The molecule has 9 nitrogen and oxygen atoms in total. The molecule has 2 N–H and O–H groups in total. The Kier molecular flexibility index (Phi) is 6.32. The Morgan fingerprint density at radius 1 is 0.907 bits per heavy atom. The molecule has 2 aromatic carbocycles. The fourth-order valence-corrected chi connectivity index (χ4v) is 6.69. The van der Waals surface area contributed by atoms with Gasteiger partial charge in [-0.1, -0.05) is 48.5 Å². The van der Waals surface area contributed by atoms with Crippen molar-refractivity contribution in [1.82, 2.24) is 19.8 Å². The summed E-state index contributed by atoms with van der Waals surface area (Å²) in [6, 6.07) is 19.6. The molecule has 1 saturated carbocycles. The number of pyridine rings is 2. The molecule has 3 aliphatic rings. The lowest BCUT2D eigenvalue weighted by Crippen LogP contribution is -2.54. The largest absolute Gasteiger partial charge is 0.343 e. The molecule has 3 amide bonds. The van der Waals surface area contributed by atoms with Gasteiger partial charge in [-0.2, -0.15) is 0 Å². The lowest BCUT2D eigenvalue weighted by molar-refractivity contribution is -0.137. The van der Waals surface area contributed by atoms with Gasteiger partial charge in [0.05, 0.1) is 23.2 Å². The minimum atomic E-state index is -0.709. The maximum Gasteiger partial charge on any atom is 0.271 e. The summed E-state index contributed by atoms with van der Waals surface area (Å²) < 4.78 is 0. The Balaban J connectivity index is 1.25. The van der Waals surface area contributed by atoms with Gasteiger partial charge in [0.15, 0.2) is 0 Å². The summed E-state index contributed by atoms with van der Waals surface area (Å²) in [6.45, 7) is 1.30. The normalized spacial score (nSPS) is 18.2. The number of hydrogen-bond acceptors (Lipinski definition) is 6. The molecule has 1 aliphatic carbocycles. The van der Waals surface area contributed by atoms with E-state index >= 15 is 0 Å². The number of nitrogens with two attached hydrogens (primary N) is 1. The standard InChI is InChI=1S/C34H34N6O3/c1-38(2)30(41)26-12-11-23(20-36-26)29-24-8-4-3-7-22(24)19-37-27(29)21-40-28-10-6-5-9-25(28)33(31(40)42)15-17-39(18-16-33)32(43)34(35)13-14-34/h3-12,19-20H,13-18,21,35H2,1-2H3. The lowest BCUT2D eigenvalue weighted by atomic mass is 9.73. The van der Waals surface area contributed by atoms with Gasteiger partial charge >= 0.3 is 0 Å². The summed E-state index contributed by atoms with van der Waals surface area (Å²) in [4.78, 5) is 54.4. The van der Waals surface area contributed by atoms with E-state index in [0.29, 0.717) is 31.6 Å². The molecule has 0 unspecified atom stereocenters. The number of para-hydroxylation sites is 1. The highest BCUT2D eigenvalue weighted by Gasteiger charge is 2.55. The topological polar surface area (TPSA) is 113 Å². The molecular formula is C34H34N6O3. The van der Waals surface area contributed by atoms with Gasteiger partial charge in [0.2, 0.25) is 11.8 Å². The number of rotatable bonds is 5. The monoisotopic (exact) mass is 574 g/mol. The van der Waals surface area contributed by atoms with Gasteiger partial charge in [-0.25, -0.2) is 0 Å². The Bertz CT molecular complexity index is 1770. The van der Waals surface area contributed by atoms with E-state index in [-0.39, 0.29) is 24.3 Å². The van der Waals surface area contributed by atoms with Gasteiger partial charge in [-0.05, 0) is 48.8 Å². The van der Waals surface area contributed by atoms with Crippen molar-refractivity contribution in [2.75, 3.05) is 32.1 Å². The van der Waals surface area contributed by atoms with Crippen LogP contribution in [0.25, 0.3) is 21.9 Å². The summed E-state index contributed by atoms with van der Waals surface area (Å²) in [5.74, 6) is -0.116. The van der Waals surface area contributed by atoms with Crippen LogP contribution in [0.5, 0.6) is 0 Å². The van der Waals surface area contributed by atoms with Crippen LogP contribution in [-0.4, -0.2) is 70.2 Å². The first-order valence-electron chi connectivity index (χ1n) is 14.8. The molecule has 4 aromatic rings. The van der Waals surface area contributed by atoms with Gasteiger partial charge in [0.1, 0.15) is 5.69 Å². The first-order valence-corrected chi connectivity index (χ1v) is 14.8. The van der Waals surface area contributed by atoms with Crippen LogP contribution in [0.2, 0.25) is 0 Å². The van der Waals surface area contributed by atoms with E-state index in [4.69, 9.17) is 10.7 Å². The number of likely N-dealkylation sites (tertiary alicyclic amines) is 1.